The fourth-order valence-electron chi connectivity index (χ4n) is 2.51. The Morgan fingerprint density at radius 2 is 2.09 bits per heavy atom. The highest BCUT2D eigenvalue weighted by atomic mass is 32.1. The SMILES string of the molecule is C=P(C)(C)CC[C@H]1OC(c2cn(C)c(=S)[nH]c2=O)[C@H](O)[C@@H]1O. The van der Waals surface area contributed by atoms with Gasteiger partial charge in [-0.05, 0) is 38.1 Å². The first-order valence-electron chi connectivity index (χ1n) is 7.09. The number of aromatic amines is 1. The van der Waals surface area contributed by atoms with Gasteiger partial charge in [0.25, 0.3) is 5.56 Å². The number of ether oxygens (including phenoxy) is 1. The third-order valence-electron chi connectivity index (χ3n) is 3.82. The molecule has 124 valence electrons. The largest absolute Gasteiger partial charge is 0.388 e. The Morgan fingerprint density at radius 1 is 1.45 bits per heavy atom. The van der Waals surface area contributed by atoms with E-state index in [0.717, 1.165) is 6.16 Å². The molecule has 0 bridgehead atoms. The lowest BCUT2D eigenvalue weighted by molar-refractivity contribution is 0.00500. The molecule has 0 aromatic carbocycles. The molecule has 3 N–H and O–H groups in total. The van der Waals surface area contributed by atoms with Crippen LogP contribution in [0.1, 0.15) is 18.1 Å². The Bertz CT molecular complexity index is 708. The number of nitrogens with zero attached hydrogens (tertiary/aromatic N) is 1. The summed E-state index contributed by atoms with van der Waals surface area (Å²) in [7, 11) is 1.70. The summed E-state index contributed by atoms with van der Waals surface area (Å²) < 4.78 is 7.64. The van der Waals surface area contributed by atoms with Crippen molar-refractivity contribution in [3.8, 4) is 0 Å². The van der Waals surface area contributed by atoms with Gasteiger partial charge in [-0.3, -0.25) is 9.78 Å². The van der Waals surface area contributed by atoms with Gasteiger partial charge in [-0.15, -0.1) is 13.2 Å². The predicted molar refractivity (Wildman–Crippen MR) is 91.9 cm³/mol. The third-order valence-corrected chi connectivity index (χ3v) is 5.68. The highest BCUT2D eigenvalue weighted by Crippen LogP contribution is 2.40. The second-order valence-electron chi connectivity index (χ2n) is 6.48. The lowest BCUT2D eigenvalue weighted by Crippen LogP contribution is -2.32. The van der Waals surface area contributed by atoms with Crippen molar-refractivity contribution >= 4 is 25.4 Å². The highest BCUT2D eigenvalue weighted by Gasteiger charge is 2.44. The standard InChI is InChI=1S/C14H23N2O4PS/c1-16-7-8(13(19)15-14(16)22)12-11(18)10(17)9(20-12)5-6-21(2,3)4/h7,9-12,17-18H,2,5-6H2,1,3-4H3,(H,15,19,22)/t9-,10-,11-,12?/m1/s1. The molecule has 6 nitrogen and oxygen atoms in total. The normalized spacial score (nSPS) is 29.0. The molecule has 8 heteroatoms. The van der Waals surface area contributed by atoms with E-state index in [1.54, 1.807) is 17.8 Å². The van der Waals surface area contributed by atoms with Crippen molar-refractivity contribution in [3.63, 3.8) is 0 Å². The second kappa shape index (κ2) is 6.42. The van der Waals surface area contributed by atoms with E-state index in [9.17, 15) is 15.0 Å². The molecule has 2 rings (SSSR count). The van der Waals surface area contributed by atoms with Crippen LogP contribution in [0.15, 0.2) is 11.0 Å². The molecule has 0 amide bonds. The first-order chi connectivity index (χ1) is 10.1. The minimum absolute atomic E-state index is 0.272. The van der Waals surface area contributed by atoms with Crippen LogP contribution in [0.25, 0.3) is 0 Å². The van der Waals surface area contributed by atoms with Crippen molar-refractivity contribution in [1.29, 1.82) is 0 Å². The van der Waals surface area contributed by atoms with Gasteiger partial charge in [-0.2, -0.15) is 0 Å². The molecule has 4 atom stereocenters. The van der Waals surface area contributed by atoms with Gasteiger partial charge in [0.15, 0.2) is 4.77 Å². The molecule has 1 aromatic heterocycles. The number of aliphatic hydroxyl groups is 2. The first kappa shape index (κ1) is 17.6. The predicted octanol–water partition coefficient (Wildman–Crippen LogP) is 0.704. The molecule has 0 radical (unpaired) electrons. The Balaban J connectivity index is 2.23. The Labute approximate surface area is 134 Å². The van der Waals surface area contributed by atoms with Crippen molar-refractivity contribution < 1.29 is 14.9 Å². The van der Waals surface area contributed by atoms with Crippen molar-refractivity contribution in [2.75, 3.05) is 19.5 Å². The minimum atomic E-state index is -1.24. The molecule has 1 aliphatic rings. The number of hydrogen-bond acceptors (Lipinski definition) is 5. The number of rotatable bonds is 4. The maximum atomic E-state index is 12.0. The molecule has 0 saturated carbocycles. The van der Waals surface area contributed by atoms with Gasteiger partial charge in [0.1, 0.15) is 18.3 Å². The molecule has 0 aliphatic carbocycles. The van der Waals surface area contributed by atoms with Crippen LogP contribution in [0.5, 0.6) is 0 Å². The Hall–Kier alpha value is -0.720. The van der Waals surface area contributed by atoms with E-state index in [2.05, 4.69) is 24.6 Å². The van der Waals surface area contributed by atoms with Gasteiger partial charge in [-0.1, -0.05) is 0 Å². The molecule has 22 heavy (non-hydrogen) atoms. The third kappa shape index (κ3) is 3.78. The maximum absolute atomic E-state index is 12.0. The van der Waals surface area contributed by atoms with Gasteiger partial charge in [0.2, 0.25) is 0 Å². The summed E-state index contributed by atoms with van der Waals surface area (Å²) in [5, 5.41) is 20.4. The molecular formula is C14H23N2O4PS. The fourth-order valence-corrected chi connectivity index (χ4v) is 3.61. The molecule has 1 saturated heterocycles. The van der Waals surface area contributed by atoms with Crippen LogP contribution < -0.4 is 5.56 Å². The van der Waals surface area contributed by atoms with Gasteiger partial charge in [-0.25, -0.2) is 0 Å². The lowest BCUT2D eigenvalue weighted by atomic mass is 10.0. The average Bonchev–Trinajstić information content (AvgIpc) is 2.68. The summed E-state index contributed by atoms with van der Waals surface area (Å²) in [5.74, 6) is 0. The summed E-state index contributed by atoms with van der Waals surface area (Å²) in [6, 6.07) is 0. The zero-order valence-electron chi connectivity index (χ0n) is 13.0. The van der Waals surface area contributed by atoms with E-state index >= 15 is 0 Å². The molecule has 1 unspecified atom stereocenters. The summed E-state index contributed by atoms with van der Waals surface area (Å²) in [4.78, 5) is 14.6. The van der Waals surface area contributed by atoms with Gasteiger partial charge in [0.05, 0.1) is 11.7 Å². The Morgan fingerprint density at radius 3 is 2.68 bits per heavy atom. The average molecular weight is 346 g/mol. The number of hydrogen-bond donors (Lipinski definition) is 3. The van der Waals surface area contributed by atoms with E-state index in [1.165, 1.54) is 0 Å². The van der Waals surface area contributed by atoms with Gasteiger partial charge >= 0.3 is 0 Å². The van der Waals surface area contributed by atoms with Crippen LogP contribution in [-0.2, 0) is 11.8 Å². The zero-order chi connectivity index (χ0) is 16.7. The fraction of sp³-hybridized carbons (Fsp3) is 0.643. The van der Waals surface area contributed by atoms with E-state index in [-0.39, 0.29) is 5.56 Å². The molecule has 2 heterocycles. The van der Waals surface area contributed by atoms with E-state index in [4.69, 9.17) is 17.0 Å². The monoisotopic (exact) mass is 346 g/mol. The topological polar surface area (TPSA) is 87.5 Å². The number of aliphatic hydroxyl groups excluding tert-OH is 2. The van der Waals surface area contributed by atoms with E-state index in [0.29, 0.717) is 11.2 Å². The van der Waals surface area contributed by atoms with Crippen LogP contribution >= 0.6 is 19.1 Å². The molecular weight excluding hydrogens is 323 g/mol. The van der Waals surface area contributed by atoms with E-state index in [1.807, 2.05) is 0 Å². The summed E-state index contributed by atoms with van der Waals surface area (Å²) >= 11 is 4.98. The van der Waals surface area contributed by atoms with Crippen molar-refractivity contribution in [1.82, 2.24) is 9.55 Å². The smallest absolute Gasteiger partial charge is 0.257 e. The highest BCUT2D eigenvalue weighted by molar-refractivity contribution is 7.72. The zero-order valence-corrected chi connectivity index (χ0v) is 14.7. The van der Waals surface area contributed by atoms with Crippen molar-refractivity contribution in [2.24, 2.45) is 7.05 Å². The first-order valence-corrected chi connectivity index (χ1v) is 10.5. The summed E-state index contributed by atoms with van der Waals surface area (Å²) in [6.45, 7) is 2.97. The maximum Gasteiger partial charge on any atom is 0.257 e. The molecule has 1 fully saturated rings. The van der Waals surface area contributed by atoms with E-state index < -0.39 is 36.9 Å². The molecule has 1 aromatic rings. The number of aryl methyl sites for hydroxylation is 1. The Kier molecular flexibility index (Phi) is 5.14. The van der Waals surface area contributed by atoms with Gasteiger partial charge in [0, 0.05) is 13.2 Å². The number of nitrogens with one attached hydrogen (secondary N) is 1. The summed E-state index contributed by atoms with van der Waals surface area (Å²) in [6.07, 6.45) is 3.65. The van der Waals surface area contributed by atoms with Crippen molar-refractivity contribution in [2.45, 2.75) is 30.8 Å². The van der Waals surface area contributed by atoms with Crippen molar-refractivity contribution in [3.05, 3.63) is 26.9 Å². The van der Waals surface area contributed by atoms with Crippen LogP contribution in [0.2, 0.25) is 0 Å². The number of H-pyrrole nitrogens is 1. The quantitative estimate of drug-likeness (QED) is 0.552. The summed E-state index contributed by atoms with van der Waals surface area (Å²) in [5.41, 5.74) is -0.126. The van der Waals surface area contributed by atoms with Crippen LogP contribution in [0, 0.1) is 4.77 Å². The minimum Gasteiger partial charge on any atom is -0.388 e. The van der Waals surface area contributed by atoms with Crippen LogP contribution in [-0.4, -0.2) is 63.9 Å². The van der Waals surface area contributed by atoms with Gasteiger partial charge < -0.3 is 19.5 Å². The molecule has 0 spiro atoms. The molecule has 1 aliphatic heterocycles. The lowest BCUT2D eigenvalue weighted by Gasteiger charge is -2.18. The number of aromatic nitrogens is 2. The van der Waals surface area contributed by atoms with Crippen LogP contribution in [0.3, 0.4) is 0 Å². The van der Waals surface area contributed by atoms with Crippen LogP contribution in [0.4, 0.5) is 0 Å². The second-order valence-corrected chi connectivity index (χ2v) is 11.2.